The average Bonchev–Trinajstić information content (AvgIpc) is 2.97. The third kappa shape index (κ3) is 3.56. The van der Waals surface area contributed by atoms with Crippen molar-refractivity contribution in [1.29, 1.82) is 0 Å². The van der Waals surface area contributed by atoms with Gasteiger partial charge in [-0.25, -0.2) is 0 Å². The lowest BCUT2D eigenvalue weighted by molar-refractivity contribution is -0.117. The number of rotatable bonds is 5. The molecule has 1 aliphatic rings. The average molecular weight is 296 g/mol. The Hall–Kier alpha value is -1.44. The van der Waals surface area contributed by atoms with Crippen LogP contribution in [0.1, 0.15) is 23.7 Å². The molecular weight excluding hydrogens is 276 g/mol. The summed E-state index contributed by atoms with van der Waals surface area (Å²) in [6.45, 7) is 4.04. The SMILES string of the molecule is CC(N)C1CCN(CC(=O)Nc2sccc2C(N)=O)C1. The lowest BCUT2D eigenvalue weighted by Gasteiger charge is -2.17. The second-order valence-electron chi connectivity index (χ2n) is 5.22. The van der Waals surface area contributed by atoms with Crippen molar-refractivity contribution in [2.45, 2.75) is 19.4 Å². The number of primary amides is 1. The smallest absolute Gasteiger partial charge is 0.251 e. The summed E-state index contributed by atoms with van der Waals surface area (Å²) >= 11 is 1.30. The lowest BCUT2D eigenvalue weighted by atomic mass is 10.0. The number of hydrogen-bond acceptors (Lipinski definition) is 5. The number of carbonyl (C=O) groups is 2. The molecule has 0 spiro atoms. The van der Waals surface area contributed by atoms with E-state index in [9.17, 15) is 9.59 Å². The first kappa shape index (κ1) is 15.0. The van der Waals surface area contributed by atoms with Gasteiger partial charge in [-0.2, -0.15) is 0 Å². The van der Waals surface area contributed by atoms with Crippen LogP contribution in [0.25, 0.3) is 0 Å². The first-order valence-electron chi connectivity index (χ1n) is 6.62. The molecule has 1 fully saturated rings. The fourth-order valence-corrected chi connectivity index (χ4v) is 3.21. The zero-order valence-electron chi connectivity index (χ0n) is 11.5. The molecule has 1 aliphatic heterocycles. The van der Waals surface area contributed by atoms with Crippen LogP contribution in [0.15, 0.2) is 11.4 Å². The van der Waals surface area contributed by atoms with Crippen molar-refractivity contribution in [2.75, 3.05) is 25.0 Å². The van der Waals surface area contributed by atoms with Crippen molar-refractivity contribution in [2.24, 2.45) is 17.4 Å². The molecule has 7 heteroatoms. The van der Waals surface area contributed by atoms with Crippen molar-refractivity contribution in [3.8, 4) is 0 Å². The lowest BCUT2D eigenvalue weighted by Crippen LogP contribution is -2.34. The summed E-state index contributed by atoms with van der Waals surface area (Å²) in [6, 6.07) is 1.77. The molecule has 0 aliphatic carbocycles. The van der Waals surface area contributed by atoms with E-state index in [-0.39, 0.29) is 11.9 Å². The highest BCUT2D eigenvalue weighted by Gasteiger charge is 2.26. The Balaban J connectivity index is 1.87. The molecule has 110 valence electrons. The fraction of sp³-hybridized carbons (Fsp3) is 0.538. The molecule has 6 nitrogen and oxygen atoms in total. The molecule has 2 atom stereocenters. The van der Waals surface area contributed by atoms with Gasteiger partial charge < -0.3 is 16.8 Å². The minimum atomic E-state index is -0.528. The summed E-state index contributed by atoms with van der Waals surface area (Å²) in [5, 5.41) is 5.00. The molecule has 2 rings (SSSR count). The van der Waals surface area contributed by atoms with E-state index in [0.717, 1.165) is 19.5 Å². The van der Waals surface area contributed by atoms with E-state index in [2.05, 4.69) is 10.2 Å². The van der Waals surface area contributed by atoms with Crippen LogP contribution in [0.2, 0.25) is 0 Å². The number of amides is 2. The highest BCUT2D eigenvalue weighted by Crippen LogP contribution is 2.23. The van der Waals surface area contributed by atoms with Crippen LogP contribution in [0.3, 0.4) is 0 Å². The number of hydrogen-bond donors (Lipinski definition) is 3. The van der Waals surface area contributed by atoms with Crippen LogP contribution in [-0.2, 0) is 4.79 Å². The van der Waals surface area contributed by atoms with Gasteiger partial charge in [0.1, 0.15) is 5.00 Å². The van der Waals surface area contributed by atoms with E-state index in [1.54, 1.807) is 11.4 Å². The normalized spacial score (nSPS) is 20.8. The van der Waals surface area contributed by atoms with Gasteiger partial charge in [0.2, 0.25) is 5.91 Å². The highest BCUT2D eigenvalue weighted by atomic mass is 32.1. The summed E-state index contributed by atoms with van der Waals surface area (Å²) in [6.07, 6.45) is 1.02. The van der Waals surface area contributed by atoms with Gasteiger partial charge >= 0.3 is 0 Å². The molecule has 0 radical (unpaired) electrons. The van der Waals surface area contributed by atoms with Crippen molar-refractivity contribution in [3.63, 3.8) is 0 Å². The summed E-state index contributed by atoms with van der Waals surface area (Å²) in [5.41, 5.74) is 11.5. The van der Waals surface area contributed by atoms with Crippen molar-refractivity contribution in [1.82, 2.24) is 4.90 Å². The van der Waals surface area contributed by atoms with Crippen molar-refractivity contribution >= 4 is 28.2 Å². The molecule has 1 saturated heterocycles. The molecule has 0 saturated carbocycles. The van der Waals surface area contributed by atoms with Gasteiger partial charge in [-0.3, -0.25) is 14.5 Å². The topological polar surface area (TPSA) is 101 Å². The maximum atomic E-state index is 12.0. The summed E-state index contributed by atoms with van der Waals surface area (Å²) in [4.78, 5) is 25.3. The Morgan fingerprint density at radius 2 is 2.35 bits per heavy atom. The number of nitrogens with two attached hydrogens (primary N) is 2. The molecule has 1 aromatic rings. The van der Waals surface area contributed by atoms with Crippen molar-refractivity contribution < 1.29 is 9.59 Å². The maximum absolute atomic E-state index is 12.0. The molecule has 5 N–H and O–H groups in total. The largest absolute Gasteiger partial charge is 0.366 e. The van der Waals surface area contributed by atoms with Gasteiger partial charge in [0.15, 0.2) is 0 Å². The van der Waals surface area contributed by atoms with Crippen LogP contribution >= 0.6 is 11.3 Å². The molecular formula is C13H20N4O2S. The molecule has 1 aromatic heterocycles. The first-order valence-corrected chi connectivity index (χ1v) is 7.50. The van der Waals surface area contributed by atoms with E-state index in [1.807, 2.05) is 6.92 Å². The molecule has 2 amide bonds. The zero-order chi connectivity index (χ0) is 14.7. The quantitative estimate of drug-likeness (QED) is 0.734. The van der Waals surface area contributed by atoms with Crippen LogP contribution in [-0.4, -0.2) is 42.4 Å². The number of anilines is 1. The highest BCUT2D eigenvalue weighted by molar-refractivity contribution is 7.14. The van der Waals surface area contributed by atoms with E-state index in [1.165, 1.54) is 11.3 Å². The third-order valence-electron chi connectivity index (χ3n) is 3.60. The van der Waals surface area contributed by atoms with Crippen LogP contribution in [0.5, 0.6) is 0 Å². The summed E-state index contributed by atoms with van der Waals surface area (Å²) in [5.74, 6) is -0.203. The first-order chi connectivity index (χ1) is 9.47. The summed E-state index contributed by atoms with van der Waals surface area (Å²) < 4.78 is 0. The predicted octanol–water partition coefficient (Wildman–Crippen LogP) is 0.455. The van der Waals surface area contributed by atoms with Crippen LogP contribution < -0.4 is 16.8 Å². The molecule has 2 unspecified atom stereocenters. The molecule has 2 heterocycles. The minimum absolute atomic E-state index is 0.125. The predicted molar refractivity (Wildman–Crippen MR) is 79.7 cm³/mol. The van der Waals surface area contributed by atoms with Gasteiger partial charge in [0.05, 0.1) is 12.1 Å². The number of nitrogens with one attached hydrogen (secondary N) is 1. The molecule has 0 bridgehead atoms. The number of nitrogens with zero attached hydrogens (tertiary/aromatic N) is 1. The fourth-order valence-electron chi connectivity index (χ4n) is 2.40. The summed E-state index contributed by atoms with van der Waals surface area (Å²) in [7, 11) is 0. The third-order valence-corrected chi connectivity index (χ3v) is 4.43. The van der Waals surface area contributed by atoms with E-state index < -0.39 is 5.91 Å². The van der Waals surface area contributed by atoms with Crippen LogP contribution in [0, 0.1) is 5.92 Å². The van der Waals surface area contributed by atoms with E-state index >= 15 is 0 Å². The molecule has 20 heavy (non-hydrogen) atoms. The number of thiophene rings is 1. The van der Waals surface area contributed by atoms with E-state index in [4.69, 9.17) is 11.5 Å². The van der Waals surface area contributed by atoms with Crippen molar-refractivity contribution in [3.05, 3.63) is 17.0 Å². The number of carbonyl (C=O) groups excluding carboxylic acids is 2. The van der Waals surface area contributed by atoms with Gasteiger partial charge in [-0.1, -0.05) is 0 Å². The van der Waals surface area contributed by atoms with Gasteiger partial charge in [-0.15, -0.1) is 11.3 Å². The monoisotopic (exact) mass is 296 g/mol. The standard InChI is InChI=1S/C13H20N4O2S/c1-8(14)9-2-4-17(6-9)7-11(18)16-13-10(12(15)19)3-5-20-13/h3,5,8-9H,2,4,6-7,14H2,1H3,(H2,15,19)(H,16,18). The Morgan fingerprint density at radius 3 is 2.95 bits per heavy atom. The second-order valence-corrected chi connectivity index (χ2v) is 6.13. The Morgan fingerprint density at radius 1 is 1.60 bits per heavy atom. The van der Waals surface area contributed by atoms with Gasteiger partial charge in [0, 0.05) is 12.6 Å². The Kier molecular flexibility index (Phi) is 4.74. The second kappa shape index (κ2) is 6.34. The molecule has 0 aromatic carbocycles. The zero-order valence-corrected chi connectivity index (χ0v) is 12.3. The van der Waals surface area contributed by atoms with E-state index in [0.29, 0.717) is 23.0 Å². The minimum Gasteiger partial charge on any atom is -0.366 e. The Labute approximate surface area is 122 Å². The van der Waals surface area contributed by atoms with Gasteiger partial charge in [-0.05, 0) is 37.3 Å². The Bertz CT molecular complexity index is 500. The maximum Gasteiger partial charge on any atom is 0.251 e. The van der Waals surface area contributed by atoms with Gasteiger partial charge in [0.25, 0.3) is 5.91 Å². The van der Waals surface area contributed by atoms with Crippen LogP contribution in [0.4, 0.5) is 5.00 Å². The number of likely N-dealkylation sites (tertiary alicyclic amines) is 1.